The van der Waals surface area contributed by atoms with Gasteiger partial charge >= 0.3 is 0 Å². The molecule has 0 amide bonds. The lowest BCUT2D eigenvalue weighted by Crippen LogP contribution is -2.18. The molecule has 3 aromatic carbocycles. The van der Waals surface area contributed by atoms with E-state index in [-0.39, 0.29) is 12.4 Å². The van der Waals surface area contributed by atoms with E-state index in [1.54, 1.807) is 41.1 Å². The number of hydrogen-bond acceptors (Lipinski definition) is 6. The van der Waals surface area contributed by atoms with Crippen LogP contribution in [-0.2, 0) is 0 Å². The number of fused-ring (bicyclic) bond motifs is 2. The van der Waals surface area contributed by atoms with Gasteiger partial charge in [-0.15, -0.1) is 0 Å². The minimum absolute atomic E-state index is 0.151. The molecule has 3 heterocycles. The van der Waals surface area contributed by atoms with Gasteiger partial charge in [-0.05, 0) is 48.5 Å². The summed E-state index contributed by atoms with van der Waals surface area (Å²) in [6, 6.07) is 19.8. The fraction of sp³-hybridized carbons (Fsp3) is 0.0417. The van der Waals surface area contributed by atoms with E-state index in [0.29, 0.717) is 44.9 Å². The average Bonchev–Trinajstić information content (AvgIpc) is 3.50. The molecule has 0 bridgehead atoms. The Morgan fingerprint density at radius 1 is 0.906 bits per heavy atom. The maximum absolute atomic E-state index is 13.2. The summed E-state index contributed by atoms with van der Waals surface area (Å²) in [7, 11) is 0. The molecule has 0 atom stereocenters. The summed E-state index contributed by atoms with van der Waals surface area (Å²) >= 11 is 6.02. The van der Waals surface area contributed by atoms with E-state index in [2.05, 4.69) is 10.1 Å². The molecular formula is C24H14ClN3O4. The quantitative estimate of drug-likeness (QED) is 0.386. The number of nitrogens with zero attached hydrogens (tertiary/aromatic N) is 3. The van der Waals surface area contributed by atoms with Crippen molar-refractivity contribution in [3.8, 4) is 40.0 Å². The summed E-state index contributed by atoms with van der Waals surface area (Å²) in [4.78, 5) is 17.8. The van der Waals surface area contributed by atoms with Crippen LogP contribution in [0.15, 0.2) is 82.2 Å². The summed E-state index contributed by atoms with van der Waals surface area (Å²) in [5.41, 5.74) is 1.92. The first-order chi connectivity index (χ1) is 15.7. The normalized spacial score (nSPS) is 12.4. The largest absolute Gasteiger partial charge is 0.454 e. The van der Waals surface area contributed by atoms with Gasteiger partial charge in [0.15, 0.2) is 11.5 Å². The SMILES string of the molecule is O=c1c2ccccc2c(-c2nc(-c3ccc4c(c3)OCO4)no2)cn1-c1ccc(Cl)cc1. The first-order valence-corrected chi connectivity index (χ1v) is 10.2. The molecule has 0 aliphatic carbocycles. The summed E-state index contributed by atoms with van der Waals surface area (Å²) in [6.07, 6.45) is 1.71. The molecule has 32 heavy (non-hydrogen) atoms. The van der Waals surface area contributed by atoms with Gasteiger partial charge in [0.2, 0.25) is 12.6 Å². The van der Waals surface area contributed by atoms with Crippen LogP contribution in [0.5, 0.6) is 11.5 Å². The van der Waals surface area contributed by atoms with Gasteiger partial charge in [-0.1, -0.05) is 35.0 Å². The third kappa shape index (κ3) is 3.02. The maximum Gasteiger partial charge on any atom is 0.262 e. The van der Waals surface area contributed by atoms with Crippen LogP contribution in [-0.4, -0.2) is 21.5 Å². The molecule has 8 heteroatoms. The van der Waals surface area contributed by atoms with Crippen molar-refractivity contribution in [2.75, 3.05) is 6.79 Å². The number of halogens is 1. The first kappa shape index (κ1) is 18.7. The lowest BCUT2D eigenvalue weighted by atomic mass is 10.1. The standard InChI is InChI=1S/C24H14ClN3O4/c25-15-6-8-16(9-7-15)28-12-19(17-3-1-2-4-18(17)24(28)29)23-26-22(27-32-23)14-5-10-20-21(11-14)31-13-30-20/h1-12H,13H2. The molecule has 1 aliphatic heterocycles. The van der Waals surface area contributed by atoms with Gasteiger partial charge in [-0.25, -0.2) is 0 Å². The van der Waals surface area contributed by atoms with Crippen LogP contribution < -0.4 is 15.0 Å². The van der Waals surface area contributed by atoms with E-state index in [1.165, 1.54) is 0 Å². The van der Waals surface area contributed by atoms with Crippen molar-refractivity contribution in [1.82, 2.24) is 14.7 Å². The number of benzene rings is 3. The van der Waals surface area contributed by atoms with Gasteiger partial charge in [0.25, 0.3) is 11.4 Å². The van der Waals surface area contributed by atoms with Gasteiger partial charge in [0.1, 0.15) is 0 Å². The van der Waals surface area contributed by atoms with Crippen LogP contribution in [0.4, 0.5) is 0 Å². The smallest absolute Gasteiger partial charge is 0.262 e. The predicted molar refractivity (Wildman–Crippen MR) is 119 cm³/mol. The minimum Gasteiger partial charge on any atom is -0.454 e. The molecule has 1 aliphatic rings. The van der Waals surface area contributed by atoms with E-state index in [0.717, 1.165) is 10.9 Å². The Hall–Kier alpha value is -4.10. The zero-order valence-electron chi connectivity index (χ0n) is 16.5. The monoisotopic (exact) mass is 443 g/mol. The third-order valence-corrected chi connectivity index (χ3v) is 5.57. The highest BCUT2D eigenvalue weighted by Crippen LogP contribution is 2.36. The van der Waals surface area contributed by atoms with E-state index in [9.17, 15) is 4.79 Å². The molecule has 5 aromatic rings. The van der Waals surface area contributed by atoms with Gasteiger partial charge in [0, 0.05) is 33.2 Å². The third-order valence-electron chi connectivity index (χ3n) is 5.32. The van der Waals surface area contributed by atoms with Crippen molar-refractivity contribution >= 4 is 22.4 Å². The summed E-state index contributed by atoms with van der Waals surface area (Å²) in [5.74, 6) is 2.03. The molecule has 0 fully saturated rings. The molecule has 2 aromatic heterocycles. The highest BCUT2D eigenvalue weighted by atomic mass is 35.5. The summed E-state index contributed by atoms with van der Waals surface area (Å²) < 4.78 is 18.0. The summed E-state index contributed by atoms with van der Waals surface area (Å²) in [6.45, 7) is 0.189. The van der Waals surface area contributed by atoms with Gasteiger partial charge < -0.3 is 14.0 Å². The maximum atomic E-state index is 13.2. The van der Waals surface area contributed by atoms with Crippen molar-refractivity contribution in [3.63, 3.8) is 0 Å². The number of aromatic nitrogens is 3. The Morgan fingerprint density at radius 3 is 2.53 bits per heavy atom. The lowest BCUT2D eigenvalue weighted by molar-refractivity contribution is 0.174. The van der Waals surface area contributed by atoms with E-state index in [1.807, 2.05) is 36.4 Å². The Bertz CT molecular complexity index is 1540. The molecule has 0 saturated heterocycles. The fourth-order valence-electron chi connectivity index (χ4n) is 3.74. The zero-order chi connectivity index (χ0) is 21.7. The van der Waals surface area contributed by atoms with Crippen LogP contribution in [0, 0.1) is 0 Å². The number of ether oxygens (including phenoxy) is 2. The topological polar surface area (TPSA) is 79.4 Å². The van der Waals surface area contributed by atoms with Gasteiger partial charge in [0.05, 0.1) is 5.56 Å². The zero-order valence-corrected chi connectivity index (χ0v) is 17.2. The van der Waals surface area contributed by atoms with Crippen LogP contribution in [0.25, 0.3) is 39.3 Å². The van der Waals surface area contributed by atoms with Crippen LogP contribution >= 0.6 is 11.6 Å². The summed E-state index contributed by atoms with van der Waals surface area (Å²) in [5, 5.41) is 6.00. The lowest BCUT2D eigenvalue weighted by Gasteiger charge is -2.10. The van der Waals surface area contributed by atoms with E-state index < -0.39 is 0 Å². The Kier molecular flexibility index (Phi) is 4.22. The van der Waals surface area contributed by atoms with E-state index in [4.69, 9.17) is 25.6 Å². The molecule has 0 N–H and O–H groups in total. The number of pyridine rings is 1. The van der Waals surface area contributed by atoms with Crippen molar-refractivity contribution in [3.05, 3.63) is 88.3 Å². The Morgan fingerprint density at radius 2 is 1.69 bits per heavy atom. The van der Waals surface area contributed by atoms with E-state index >= 15 is 0 Å². The fourth-order valence-corrected chi connectivity index (χ4v) is 3.87. The Balaban J connectivity index is 1.51. The predicted octanol–water partition coefficient (Wildman–Crippen LogP) is 5.09. The minimum atomic E-state index is -0.151. The van der Waals surface area contributed by atoms with Gasteiger partial charge in [-0.2, -0.15) is 4.98 Å². The molecule has 156 valence electrons. The van der Waals surface area contributed by atoms with Crippen molar-refractivity contribution in [2.45, 2.75) is 0 Å². The van der Waals surface area contributed by atoms with Crippen molar-refractivity contribution in [1.29, 1.82) is 0 Å². The second kappa shape index (κ2) is 7.25. The van der Waals surface area contributed by atoms with Crippen LogP contribution in [0.1, 0.15) is 0 Å². The highest BCUT2D eigenvalue weighted by Gasteiger charge is 2.19. The molecule has 7 nitrogen and oxygen atoms in total. The van der Waals surface area contributed by atoms with Gasteiger partial charge in [-0.3, -0.25) is 9.36 Å². The highest BCUT2D eigenvalue weighted by molar-refractivity contribution is 6.30. The number of hydrogen-bond donors (Lipinski definition) is 0. The number of rotatable bonds is 3. The molecule has 0 radical (unpaired) electrons. The molecule has 0 unspecified atom stereocenters. The molecule has 0 spiro atoms. The van der Waals surface area contributed by atoms with Crippen LogP contribution in [0.2, 0.25) is 5.02 Å². The van der Waals surface area contributed by atoms with Crippen LogP contribution in [0.3, 0.4) is 0 Å². The molecule has 6 rings (SSSR count). The molecule has 0 saturated carbocycles. The second-order valence-corrected chi connectivity index (χ2v) is 7.67. The Labute approximate surface area is 186 Å². The molecular weight excluding hydrogens is 430 g/mol. The first-order valence-electron chi connectivity index (χ1n) is 9.82. The second-order valence-electron chi connectivity index (χ2n) is 7.23. The van der Waals surface area contributed by atoms with Crippen molar-refractivity contribution < 1.29 is 14.0 Å². The van der Waals surface area contributed by atoms with Crippen molar-refractivity contribution in [2.24, 2.45) is 0 Å². The average molecular weight is 444 g/mol.